The number of nitrogens with one attached hydrogen (secondary N) is 1. The van der Waals surface area contributed by atoms with Crippen LogP contribution < -0.4 is 14.4 Å². The molecule has 1 fully saturated rings. The van der Waals surface area contributed by atoms with Crippen molar-refractivity contribution in [1.82, 2.24) is 10.2 Å². The Morgan fingerprint density at radius 3 is 2.32 bits per heavy atom. The molecular weight excluding hydrogens is 486 g/mol. The molecule has 1 aliphatic rings. The monoisotopic (exact) mass is 521 g/mol. The van der Waals surface area contributed by atoms with Crippen LogP contribution in [0.4, 0.5) is 5.69 Å². The Bertz CT molecular complexity index is 1330. The molecular formula is C29H35N3O4S. The number of carbonyl (C=O) groups excluding carboxylic acids is 1. The van der Waals surface area contributed by atoms with Gasteiger partial charge < -0.3 is 10.1 Å². The summed E-state index contributed by atoms with van der Waals surface area (Å²) in [4.78, 5) is 15.7. The first-order valence-corrected chi connectivity index (χ1v) is 14.0. The summed E-state index contributed by atoms with van der Waals surface area (Å²) in [5.74, 6) is -0.0205. The first kappa shape index (κ1) is 26.7. The number of aryl methyl sites for hydroxylation is 2. The maximum Gasteiger partial charge on any atom is 0.264 e. The number of sulfonamides is 1. The van der Waals surface area contributed by atoms with E-state index in [1.807, 2.05) is 32.0 Å². The van der Waals surface area contributed by atoms with Crippen molar-refractivity contribution < 1.29 is 17.9 Å². The fourth-order valence-corrected chi connectivity index (χ4v) is 5.98. The van der Waals surface area contributed by atoms with E-state index in [9.17, 15) is 13.2 Å². The number of benzene rings is 3. The average Bonchev–Trinajstić information content (AvgIpc) is 3.39. The molecule has 4 rings (SSSR count). The fraction of sp³-hybridized carbons (Fsp3) is 0.345. The number of methoxy groups -OCH3 is 1. The Balaban J connectivity index is 1.54. The highest BCUT2D eigenvalue weighted by atomic mass is 32.2. The van der Waals surface area contributed by atoms with E-state index in [1.54, 1.807) is 36.4 Å². The highest BCUT2D eigenvalue weighted by molar-refractivity contribution is 7.92. The molecule has 1 amide bonds. The molecule has 1 heterocycles. The summed E-state index contributed by atoms with van der Waals surface area (Å²) in [6, 6.07) is 20.1. The molecule has 1 saturated heterocycles. The van der Waals surface area contributed by atoms with Crippen molar-refractivity contribution in [3.05, 3.63) is 89.0 Å². The van der Waals surface area contributed by atoms with Crippen LogP contribution in [0.3, 0.4) is 0 Å². The maximum atomic E-state index is 13.7. The number of anilines is 1. The van der Waals surface area contributed by atoms with Gasteiger partial charge in [0.15, 0.2) is 0 Å². The van der Waals surface area contributed by atoms with Crippen molar-refractivity contribution in [3.8, 4) is 5.75 Å². The van der Waals surface area contributed by atoms with E-state index in [0.29, 0.717) is 18.0 Å². The van der Waals surface area contributed by atoms with E-state index in [4.69, 9.17) is 4.74 Å². The van der Waals surface area contributed by atoms with Crippen LogP contribution in [0.5, 0.6) is 5.75 Å². The van der Waals surface area contributed by atoms with Gasteiger partial charge in [0.05, 0.1) is 17.7 Å². The molecule has 1 aliphatic heterocycles. The van der Waals surface area contributed by atoms with Crippen LogP contribution in [-0.2, 0) is 27.9 Å². The summed E-state index contributed by atoms with van der Waals surface area (Å²) in [6.07, 6.45) is 2.48. The van der Waals surface area contributed by atoms with Gasteiger partial charge in [0, 0.05) is 13.1 Å². The summed E-state index contributed by atoms with van der Waals surface area (Å²) in [5, 5.41) is 2.91. The minimum Gasteiger partial charge on any atom is -0.495 e. The molecule has 3 aromatic carbocycles. The van der Waals surface area contributed by atoms with E-state index in [2.05, 4.69) is 22.3 Å². The quantitative estimate of drug-likeness (QED) is 0.427. The molecule has 0 aliphatic carbocycles. The van der Waals surface area contributed by atoms with Crippen LogP contribution in [-0.4, -0.2) is 46.0 Å². The van der Waals surface area contributed by atoms with E-state index in [0.717, 1.165) is 40.6 Å². The largest absolute Gasteiger partial charge is 0.495 e. The lowest BCUT2D eigenvalue weighted by atomic mass is 10.1. The molecule has 7 nitrogen and oxygen atoms in total. The van der Waals surface area contributed by atoms with E-state index in [-0.39, 0.29) is 11.4 Å². The van der Waals surface area contributed by atoms with E-state index >= 15 is 0 Å². The summed E-state index contributed by atoms with van der Waals surface area (Å²) in [6.45, 7) is 6.85. The van der Waals surface area contributed by atoms with Crippen molar-refractivity contribution in [2.75, 3.05) is 31.0 Å². The zero-order valence-corrected chi connectivity index (χ0v) is 22.6. The smallest absolute Gasteiger partial charge is 0.264 e. The molecule has 0 bridgehead atoms. The van der Waals surface area contributed by atoms with Crippen molar-refractivity contribution in [1.29, 1.82) is 0 Å². The Morgan fingerprint density at radius 2 is 1.62 bits per heavy atom. The third kappa shape index (κ3) is 6.70. The number of likely N-dealkylation sites (tertiary alicyclic amines) is 1. The molecule has 0 atom stereocenters. The van der Waals surface area contributed by atoms with Crippen molar-refractivity contribution in [2.45, 2.75) is 44.7 Å². The SMILES string of the molecule is COc1ccc(C)cc1N(CC(=O)NCc1cccc(CN2CCCC2)c1)S(=O)(=O)c1ccc(C)cc1. The third-order valence-corrected chi connectivity index (χ3v) is 8.36. The van der Waals surface area contributed by atoms with Gasteiger partial charge in [0.2, 0.25) is 5.91 Å². The normalized spacial score (nSPS) is 13.9. The van der Waals surface area contributed by atoms with Crippen molar-refractivity contribution >= 4 is 21.6 Å². The number of hydrogen-bond donors (Lipinski definition) is 1. The predicted molar refractivity (Wildman–Crippen MR) is 146 cm³/mol. The van der Waals surface area contributed by atoms with Crippen molar-refractivity contribution in [2.24, 2.45) is 0 Å². The molecule has 0 spiro atoms. The lowest BCUT2D eigenvalue weighted by Crippen LogP contribution is -2.41. The first-order chi connectivity index (χ1) is 17.8. The zero-order valence-electron chi connectivity index (χ0n) is 21.7. The minimum atomic E-state index is -4.03. The van der Waals surface area contributed by atoms with Gasteiger partial charge in [-0.25, -0.2) is 8.42 Å². The fourth-order valence-electron chi connectivity index (χ4n) is 4.56. The summed E-state index contributed by atoms with van der Waals surface area (Å²) >= 11 is 0. The number of hydrogen-bond acceptors (Lipinski definition) is 5. The maximum absolute atomic E-state index is 13.7. The highest BCUT2D eigenvalue weighted by Crippen LogP contribution is 2.33. The molecule has 0 radical (unpaired) electrons. The number of ether oxygens (including phenoxy) is 1. The third-order valence-electron chi connectivity index (χ3n) is 6.59. The minimum absolute atomic E-state index is 0.115. The first-order valence-electron chi connectivity index (χ1n) is 12.6. The van der Waals surface area contributed by atoms with Gasteiger partial charge in [-0.15, -0.1) is 0 Å². The highest BCUT2D eigenvalue weighted by Gasteiger charge is 2.29. The predicted octanol–water partition coefficient (Wildman–Crippen LogP) is 4.42. The summed E-state index contributed by atoms with van der Waals surface area (Å²) < 4.78 is 34.1. The Hall–Kier alpha value is -3.36. The molecule has 3 aromatic rings. The lowest BCUT2D eigenvalue weighted by Gasteiger charge is -2.26. The van der Waals surface area contributed by atoms with E-state index < -0.39 is 15.9 Å². The van der Waals surface area contributed by atoms with Gasteiger partial charge in [0.25, 0.3) is 10.0 Å². The molecule has 37 heavy (non-hydrogen) atoms. The average molecular weight is 522 g/mol. The van der Waals surface area contributed by atoms with E-state index in [1.165, 1.54) is 25.5 Å². The molecule has 0 aromatic heterocycles. The second kappa shape index (κ2) is 11.8. The second-order valence-corrected chi connectivity index (χ2v) is 11.4. The van der Waals surface area contributed by atoms with Gasteiger partial charge in [-0.2, -0.15) is 0 Å². The number of nitrogens with zero attached hydrogens (tertiary/aromatic N) is 2. The van der Waals surface area contributed by atoms with Crippen LogP contribution >= 0.6 is 0 Å². The number of carbonyl (C=O) groups is 1. The summed E-state index contributed by atoms with van der Waals surface area (Å²) in [7, 11) is -2.55. The van der Waals surface area contributed by atoms with Gasteiger partial charge in [-0.3, -0.25) is 14.0 Å². The van der Waals surface area contributed by atoms with Crippen LogP contribution in [0.2, 0.25) is 0 Å². The number of rotatable bonds is 10. The molecule has 8 heteroatoms. The standard InChI is InChI=1S/C29H35N3O4S/c1-22-9-12-26(13-10-22)37(34,35)32(27-17-23(2)11-14-28(27)36-3)21-29(33)30-19-24-7-6-8-25(18-24)20-31-15-4-5-16-31/h6-14,17-18H,4-5,15-16,19-21H2,1-3H3,(H,30,33). The van der Waals surface area contributed by atoms with Gasteiger partial charge in [-0.1, -0.05) is 48.0 Å². The van der Waals surface area contributed by atoms with Crippen LogP contribution in [0.25, 0.3) is 0 Å². The van der Waals surface area contributed by atoms with Crippen molar-refractivity contribution in [3.63, 3.8) is 0 Å². The van der Waals surface area contributed by atoms with Crippen LogP contribution in [0.15, 0.2) is 71.6 Å². The lowest BCUT2D eigenvalue weighted by molar-refractivity contribution is -0.119. The summed E-state index contributed by atoms with van der Waals surface area (Å²) in [5.41, 5.74) is 4.32. The molecule has 1 N–H and O–H groups in total. The zero-order chi connectivity index (χ0) is 26.4. The van der Waals surface area contributed by atoms with Crippen LogP contribution in [0.1, 0.15) is 35.1 Å². The van der Waals surface area contributed by atoms with Gasteiger partial charge in [0.1, 0.15) is 12.3 Å². The molecule has 0 unspecified atom stereocenters. The van der Waals surface area contributed by atoms with Gasteiger partial charge in [-0.05, 0) is 80.7 Å². The molecule has 0 saturated carbocycles. The van der Waals surface area contributed by atoms with Crippen LogP contribution in [0, 0.1) is 13.8 Å². The topological polar surface area (TPSA) is 79.0 Å². The number of amides is 1. The Kier molecular flexibility index (Phi) is 8.51. The molecule has 196 valence electrons. The second-order valence-electron chi connectivity index (χ2n) is 9.58. The van der Waals surface area contributed by atoms with Gasteiger partial charge >= 0.3 is 0 Å². The Labute approximate surface area is 220 Å². The Morgan fingerprint density at radius 1 is 0.946 bits per heavy atom.